The molecule has 4 amide bonds. The van der Waals surface area contributed by atoms with Crippen molar-refractivity contribution < 1.29 is 23.9 Å². The van der Waals surface area contributed by atoms with E-state index in [4.69, 9.17) is 4.74 Å². The summed E-state index contributed by atoms with van der Waals surface area (Å²) in [6.07, 6.45) is 0.378. The molecule has 1 aliphatic heterocycles. The molecule has 0 aromatic heterocycles. The Morgan fingerprint density at radius 1 is 0.755 bits per heavy atom. The average Bonchev–Trinajstić information content (AvgIpc) is 3.29. The second kappa shape index (κ2) is 16.9. The number of benzene rings is 5. The number of fused-ring (bicyclic) bond motifs is 1. The number of nitrogens with zero attached hydrogens (tertiary/aromatic N) is 1. The van der Waals surface area contributed by atoms with Crippen LogP contribution in [0.25, 0.3) is 11.1 Å². The summed E-state index contributed by atoms with van der Waals surface area (Å²) in [6.45, 7) is 4.32. The van der Waals surface area contributed by atoms with Gasteiger partial charge in [0.15, 0.2) is 0 Å². The van der Waals surface area contributed by atoms with Gasteiger partial charge >= 0.3 is 6.09 Å². The van der Waals surface area contributed by atoms with Gasteiger partial charge in [-0.25, -0.2) is 4.79 Å². The van der Waals surface area contributed by atoms with Gasteiger partial charge in [-0.1, -0.05) is 121 Å². The van der Waals surface area contributed by atoms with Gasteiger partial charge in [-0.2, -0.15) is 0 Å². The maximum absolute atomic E-state index is 14.2. The van der Waals surface area contributed by atoms with E-state index in [1.165, 1.54) is 0 Å². The molecule has 5 aromatic rings. The summed E-state index contributed by atoms with van der Waals surface area (Å²) < 4.78 is 5.35. The van der Waals surface area contributed by atoms with Crippen LogP contribution in [-0.4, -0.2) is 35.4 Å². The summed E-state index contributed by atoms with van der Waals surface area (Å²) in [4.78, 5) is 55.0. The number of aryl methyl sites for hydroxylation is 1. The first-order valence-corrected chi connectivity index (χ1v) is 17.8. The van der Waals surface area contributed by atoms with Crippen LogP contribution in [0.2, 0.25) is 0 Å². The summed E-state index contributed by atoms with van der Waals surface area (Å²) in [5.41, 5.74) is 5.95. The van der Waals surface area contributed by atoms with Gasteiger partial charge in [0, 0.05) is 29.8 Å². The van der Waals surface area contributed by atoms with E-state index in [0.717, 1.165) is 39.1 Å². The molecule has 0 bridgehead atoms. The Labute approximate surface area is 310 Å². The fourth-order valence-electron chi connectivity index (χ4n) is 6.52. The van der Waals surface area contributed by atoms with Gasteiger partial charge in [-0.05, 0) is 72.2 Å². The Morgan fingerprint density at radius 2 is 1.40 bits per heavy atom. The number of amides is 4. The minimum atomic E-state index is -0.919. The van der Waals surface area contributed by atoms with Gasteiger partial charge in [0.1, 0.15) is 12.6 Å². The molecule has 0 saturated carbocycles. The van der Waals surface area contributed by atoms with Crippen molar-refractivity contribution in [2.75, 3.05) is 4.90 Å². The zero-order chi connectivity index (χ0) is 37.2. The van der Waals surface area contributed by atoms with Crippen LogP contribution in [0.5, 0.6) is 0 Å². The molecule has 270 valence electrons. The van der Waals surface area contributed by atoms with Crippen LogP contribution in [0.4, 0.5) is 10.5 Å². The van der Waals surface area contributed by atoms with Crippen molar-refractivity contribution in [2.24, 2.45) is 0 Å². The Morgan fingerprint density at radius 3 is 2.13 bits per heavy atom. The summed E-state index contributed by atoms with van der Waals surface area (Å²) >= 11 is 0. The number of carbonyl (C=O) groups excluding carboxylic acids is 4. The van der Waals surface area contributed by atoms with E-state index >= 15 is 0 Å². The molecule has 1 atom stereocenters. The lowest BCUT2D eigenvalue weighted by molar-refractivity contribution is -0.128. The lowest BCUT2D eigenvalue weighted by Gasteiger charge is -2.28. The monoisotopic (exact) mass is 708 g/mol. The number of para-hydroxylation sites is 1. The summed E-state index contributed by atoms with van der Waals surface area (Å²) in [5, 5.41) is 8.75. The Balaban J connectivity index is 1.11. The smallest absolute Gasteiger partial charge is 0.407 e. The van der Waals surface area contributed by atoms with Gasteiger partial charge in [0.05, 0.1) is 6.54 Å². The first-order valence-electron chi connectivity index (χ1n) is 17.8. The number of hydrogen-bond acceptors (Lipinski definition) is 5. The van der Waals surface area contributed by atoms with E-state index < -0.39 is 17.7 Å². The normalized spacial score (nSPS) is 14.0. The second-order valence-electron chi connectivity index (χ2n) is 13.9. The molecule has 9 nitrogen and oxygen atoms in total. The lowest BCUT2D eigenvalue weighted by Crippen LogP contribution is -2.51. The fraction of sp³-hybridized carbons (Fsp3) is 0.227. The molecule has 1 unspecified atom stereocenters. The van der Waals surface area contributed by atoms with E-state index in [-0.39, 0.29) is 30.7 Å². The maximum Gasteiger partial charge on any atom is 0.407 e. The van der Waals surface area contributed by atoms with Crippen LogP contribution in [0.15, 0.2) is 133 Å². The number of ether oxygens (including phenoxy) is 1. The van der Waals surface area contributed by atoms with E-state index in [1.807, 2.05) is 133 Å². The molecule has 5 aromatic carbocycles. The topological polar surface area (TPSA) is 117 Å². The third-order valence-electron chi connectivity index (χ3n) is 9.21. The highest BCUT2D eigenvalue weighted by molar-refractivity contribution is 6.01. The molecule has 53 heavy (non-hydrogen) atoms. The van der Waals surface area contributed by atoms with E-state index in [1.54, 1.807) is 18.7 Å². The number of rotatable bonds is 12. The standard InChI is InChI=1S/C44H44N4O5/c1-44(2,47-43(52)53-30-33-15-7-4-8-16-33)27-40(49)46-38-26-25-35-17-9-12-20-39(35)48(42(38)51)29-32-21-23-34(24-22-32)36-18-10-11-19-37(36)41(50)45-28-31-13-5-3-6-14-31/h3-24,38H,25-30H2,1-2H3,(H,45,50)(H,46,49)(H,47,52). The highest BCUT2D eigenvalue weighted by Crippen LogP contribution is 2.30. The third kappa shape index (κ3) is 9.77. The molecular formula is C44H44N4O5. The molecule has 3 N–H and O–H groups in total. The quantitative estimate of drug-likeness (QED) is 0.125. The number of alkyl carbamates (subject to hydrolysis) is 1. The van der Waals surface area contributed by atoms with Crippen molar-refractivity contribution >= 4 is 29.5 Å². The van der Waals surface area contributed by atoms with E-state index in [2.05, 4.69) is 16.0 Å². The first-order chi connectivity index (χ1) is 25.6. The van der Waals surface area contributed by atoms with Gasteiger partial charge in [-0.15, -0.1) is 0 Å². The van der Waals surface area contributed by atoms with Gasteiger partial charge in [0.25, 0.3) is 5.91 Å². The van der Waals surface area contributed by atoms with Crippen molar-refractivity contribution in [3.05, 3.63) is 161 Å². The predicted molar refractivity (Wildman–Crippen MR) is 206 cm³/mol. The zero-order valence-corrected chi connectivity index (χ0v) is 30.0. The fourth-order valence-corrected chi connectivity index (χ4v) is 6.52. The first kappa shape index (κ1) is 36.6. The van der Waals surface area contributed by atoms with E-state index in [9.17, 15) is 19.2 Å². The Bertz CT molecular complexity index is 2050. The Kier molecular flexibility index (Phi) is 11.6. The molecule has 0 fully saturated rings. The molecule has 0 spiro atoms. The molecule has 6 rings (SSSR count). The van der Waals surface area contributed by atoms with Crippen LogP contribution in [0.3, 0.4) is 0 Å². The van der Waals surface area contributed by atoms with Crippen molar-refractivity contribution in [3.63, 3.8) is 0 Å². The highest BCUT2D eigenvalue weighted by atomic mass is 16.5. The number of hydrogen-bond donors (Lipinski definition) is 3. The molecular weight excluding hydrogens is 665 g/mol. The average molecular weight is 709 g/mol. The molecule has 9 heteroatoms. The zero-order valence-electron chi connectivity index (χ0n) is 30.0. The molecule has 1 heterocycles. The lowest BCUT2D eigenvalue weighted by atomic mass is 9.98. The third-order valence-corrected chi connectivity index (χ3v) is 9.21. The van der Waals surface area contributed by atoms with Crippen LogP contribution in [-0.2, 0) is 40.4 Å². The molecule has 0 aliphatic carbocycles. The van der Waals surface area contributed by atoms with Crippen LogP contribution >= 0.6 is 0 Å². The Hall–Kier alpha value is -6.22. The summed E-state index contributed by atoms with van der Waals surface area (Å²) in [6, 6.07) is 41.6. The van der Waals surface area contributed by atoms with Gasteiger partial charge in [-0.3, -0.25) is 14.4 Å². The number of carbonyl (C=O) groups is 4. The molecule has 0 saturated heterocycles. The second-order valence-corrected chi connectivity index (χ2v) is 13.9. The van der Waals surface area contributed by atoms with Crippen molar-refractivity contribution in [1.82, 2.24) is 16.0 Å². The van der Waals surface area contributed by atoms with Crippen LogP contribution < -0.4 is 20.9 Å². The molecule has 0 radical (unpaired) electrons. The maximum atomic E-state index is 14.2. The van der Waals surface area contributed by atoms with Gasteiger partial charge < -0.3 is 25.6 Å². The van der Waals surface area contributed by atoms with Crippen molar-refractivity contribution in [1.29, 1.82) is 0 Å². The van der Waals surface area contributed by atoms with Crippen LogP contribution in [0, 0.1) is 0 Å². The number of anilines is 1. The largest absolute Gasteiger partial charge is 0.445 e. The highest BCUT2D eigenvalue weighted by Gasteiger charge is 2.33. The summed E-state index contributed by atoms with van der Waals surface area (Å²) in [5.74, 6) is -0.713. The van der Waals surface area contributed by atoms with E-state index in [0.29, 0.717) is 31.5 Å². The minimum absolute atomic E-state index is 0.0443. The van der Waals surface area contributed by atoms with Crippen molar-refractivity contribution in [2.45, 2.75) is 64.4 Å². The minimum Gasteiger partial charge on any atom is -0.445 e. The SMILES string of the molecule is CC(C)(CC(=O)NC1CCc2ccccc2N(Cc2ccc(-c3ccccc3C(=O)NCc3ccccc3)cc2)C1=O)NC(=O)OCc1ccccc1. The predicted octanol–water partition coefficient (Wildman–Crippen LogP) is 7.34. The molecule has 1 aliphatic rings. The van der Waals surface area contributed by atoms with Gasteiger partial charge in [0.2, 0.25) is 11.8 Å². The van der Waals surface area contributed by atoms with Crippen LogP contribution in [0.1, 0.15) is 59.3 Å². The number of nitrogens with one attached hydrogen (secondary N) is 3. The summed E-state index contributed by atoms with van der Waals surface area (Å²) in [7, 11) is 0. The van der Waals surface area contributed by atoms with Crippen molar-refractivity contribution in [3.8, 4) is 11.1 Å².